The summed E-state index contributed by atoms with van der Waals surface area (Å²) >= 11 is 0. The van der Waals surface area contributed by atoms with Gasteiger partial charge in [0.15, 0.2) is 0 Å². The molecule has 0 amide bonds. The van der Waals surface area contributed by atoms with Gasteiger partial charge in [-0.2, -0.15) is 5.26 Å². The highest BCUT2D eigenvalue weighted by Gasteiger charge is 2.39. The lowest BCUT2D eigenvalue weighted by Crippen LogP contribution is -2.62. The molecule has 0 spiro atoms. The molecule has 128 valence electrons. The fourth-order valence-electron chi connectivity index (χ4n) is 3.90. The van der Waals surface area contributed by atoms with Crippen molar-refractivity contribution in [2.75, 3.05) is 18.0 Å². The Kier molecular flexibility index (Phi) is 3.90. The zero-order valence-electron chi connectivity index (χ0n) is 13.7. The highest BCUT2D eigenvalue weighted by atomic mass is 16.6. The molecule has 4 heterocycles. The molecule has 0 aliphatic carbocycles. The Morgan fingerprint density at radius 3 is 2.52 bits per heavy atom. The van der Waals surface area contributed by atoms with E-state index in [4.69, 9.17) is 9.68 Å². The van der Waals surface area contributed by atoms with Gasteiger partial charge in [0.2, 0.25) is 0 Å². The third-order valence-corrected chi connectivity index (χ3v) is 5.16. The van der Waals surface area contributed by atoms with Crippen molar-refractivity contribution in [3.63, 3.8) is 0 Å². The van der Waals surface area contributed by atoms with Crippen LogP contribution >= 0.6 is 0 Å². The number of fused-ring (bicyclic) bond motifs is 3. The first kappa shape index (κ1) is 15.7. The van der Waals surface area contributed by atoms with Gasteiger partial charge < -0.3 is 9.32 Å². The van der Waals surface area contributed by atoms with Gasteiger partial charge in [0, 0.05) is 30.9 Å². The van der Waals surface area contributed by atoms with Crippen LogP contribution in [0.1, 0.15) is 24.2 Å². The largest absolute Gasteiger partial charge is 0.433 e. The summed E-state index contributed by atoms with van der Waals surface area (Å²) in [4.78, 5) is 15.0. The highest BCUT2D eigenvalue weighted by molar-refractivity contribution is 5.51. The molecule has 0 saturated carbocycles. The number of rotatable bonds is 4. The predicted molar refractivity (Wildman–Crippen MR) is 91.1 cm³/mol. The Morgan fingerprint density at radius 1 is 1.16 bits per heavy atom. The second-order valence-electron chi connectivity index (χ2n) is 6.62. The number of benzene rings is 1. The summed E-state index contributed by atoms with van der Waals surface area (Å²) in [5.74, 6) is 0.445. The van der Waals surface area contributed by atoms with E-state index in [1.54, 1.807) is 6.07 Å². The number of anilines is 1. The van der Waals surface area contributed by atoms with Crippen molar-refractivity contribution in [3.8, 4) is 6.07 Å². The van der Waals surface area contributed by atoms with E-state index in [-0.39, 0.29) is 5.88 Å². The summed E-state index contributed by atoms with van der Waals surface area (Å²) in [6.07, 6.45) is 2.26. The first-order chi connectivity index (χ1) is 12.1. The zero-order chi connectivity index (χ0) is 17.4. The summed E-state index contributed by atoms with van der Waals surface area (Å²) in [6.45, 7) is 2.45. The average molecular weight is 338 g/mol. The Morgan fingerprint density at radius 2 is 1.92 bits per heavy atom. The van der Waals surface area contributed by atoms with Crippen LogP contribution in [0.4, 0.5) is 11.6 Å². The van der Waals surface area contributed by atoms with Crippen molar-refractivity contribution in [2.24, 2.45) is 0 Å². The van der Waals surface area contributed by atoms with Crippen LogP contribution in [-0.2, 0) is 6.54 Å². The van der Waals surface area contributed by atoms with Crippen LogP contribution in [0.3, 0.4) is 0 Å². The second kappa shape index (κ2) is 6.22. The third-order valence-electron chi connectivity index (χ3n) is 5.16. The Bertz CT molecular complexity index is 824. The number of hydrogen-bond acceptors (Lipinski definition) is 6. The first-order valence-electron chi connectivity index (χ1n) is 8.38. The van der Waals surface area contributed by atoms with E-state index in [1.807, 2.05) is 24.3 Å². The van der Waals surface area contributed by atoms with Crippen molar-refractivity contribution in [3.05, 3.63) is 57.8 Å². The van der Waals surface area contributed by atoms with E-state index >= 15 is 0 Å². The lowest BCUT2D eigenvalue weighted by atomic mass is 9.90. The lowest BCUT2D eigenvalue weighted by Gasteiger charge is -2.52. The maximum atomic E-state index is 10.8. The van der Waals surface area contributed by atoms with Crippen molar-refractivity contribution in [1.29, 1.82) is 5.26 Å². The van der Waals surface area contributed by atoms with Crippen LogP contribution in [0.15, 0.2) is 40.8 Å². The Hall–Kier alpha value is -2.85. The molecule has 7 nitrogen and oxygen atoms in total. The fourth-order valence-corrected chi connectivity index (χ4v) is 3.90. The van der Waals surface area contributed by atoms with E-state index in [0.717, 1.165) is 31.6 Å². The number of furan rings is 1. The van der Waals surface area contributed by atoms with Crippen molar-refractivity contribution in [2.45, 2.75) is 31.5 Å². The van der Waals surface area contributed by atoms with Crippen molar-refractivity contribution in [1.82, 2.24) is 4.90 Å². The summed E-state index contributed by atoms with van der Waals surface area (Å²) in [6, 6.07) is 13.8. The van der Waals surface area contributed by atoms with Gasteiger partial charge in [0.05, 0.1) is 24.2 Å². The standard InChI is InChI=1S/C18H18N4O3/c19-9-13-1-3-14(4-2-13)21-11-15-5-6-16(21)10-20(15)12-17-7-8-18(25-17)22(23)24/h1-4,7-8,15-16H,5-6,10-12H2. The molecular weight excluding hydrogens is 320 g/mol. The van der Waals surface area contributed by atoms with E-state index < -0.39 is 4.92 Å². The lowest BCUT2D eigenvalue weighted by molar-refractivity contribution is -0.402. The predicted octanol–water partition coefficient (Wildman–Crippen LogP) is 2.91. The summed E-state index contributed by atoms with van der Waals surface area (Å²) in [5.41, 5.74) is 1.83. The molecule has 2 bridgehead atoms. The number of nitriles is 1. The van der Waals surface area contributed by atoms with Crippen molar-refractivity contribution < 1.29 is 9.34 Å². The molecule has 2 atom stereocenters. The van der Waals surface area contributed by atoms with Gasteiger partial charge in [0.1, 0.15) is 10.7 Å². The summed E-state index contributed by atoms with van der Waals surface area (Å²) < 4.78 is 5.31. The van der Waals surface area contributed by atoms with Gasteiger partial charge >= 0.3 is 5.88 Å². The highest BCUT2D eigenvalue weighted by Crippen LogP contribution is 2.34. The van der Waals surface area contributed by atoms with Crippen LogP contribution in [-0.4, -0.2) is 35.0 Å². The second-order valence-corrected chi connectivity index (χ2v) is 6.62. The number of piperazine rings is 1. The molecule has 2 aromatic rings. The molecule has 3 aliphatic rings. The van der Waals surface area contributed by atoms with Gasteiger partial charge in [-0.1, -0.05) is 0 Å². The minimum Gasteiger partial charge on any atom is -0.404 e. The number of nitro groups is 1. The van der Waals surface area contributed by atoms with E-state index in [1.165, 1.54) is 6.07 Å². The zero-order valence-corrected chi connectivity index (χ0v) is 13.7. The molecule has 1 aromatic heterocycles. The molecule has 7 heteroatoms. The quantitative estimate of drug-likeness (QED) is 0.629. The van der Waals surface area contributed by atoms with E-state index in [0.29, 0.717) is 30.0 Å². The van der Waals surface area contributed by atoms with E-state index in [2.05, 4.69) is 15.9 Å². The number of nitrogens with zero attached hydrogens (tertiary/aromatic N) is 4. The van der Waals surface area contributed by atoms with Gasteiger partial charge in [0.25, 0.3) is 0 Å². The van der Waals surface area contributed by atoms with Crippen LogP contribution in [0.2, 0.25) is 0 Å². The van der Waals surface area contributed by atoms with Gasteiger partial charge in [-0.3, -0.25) is 15.0 Å². The van der Waals surface area contributed by atoms with Crippen molar-refractivity contribution >= 4 is 11.6 Å². The molecule has 2 unspecified atom stereocenters. The third kappa shape index (κ3) is 2.96. The normalized spacial score (nSPS) is 22.8. The summed E-state index contributed by atoms with van der Waals surface area (Å²) in [5, 5.41) is 19.7. The average Bonchev–Trinajstić information content (AvgIpc) is 3.11. The summed E-state index contributed by atoms with van der Waals surface area (Å²) in [7, 11) is 0. The molecule has 3 fully saturated rings. The molecule has 1 aromatic carbocycles. The maximum absolute atomic E-state index is 10.8. The Balaban J connectivity index is 1.45. The van der Waals surface area contributed by atoms with Crippen LogP contribution < -0.4 is 4.90 Å². The van der Waals surface area contributed by atoms with Gasteiger partial charge in [-0.15, -0.1) is 0 Å². The minimum absolute atomic E-state index is 0.198. The molecule has 3 saturated heterocycles. The maximum Gasteiger partial charge on any atom is 0.433 e. The number of piperidine rings is 2. The molecule has 0 radical (unpaired) electrons. The van der Waals surface area contributed by atoms with Crippen LogP contribution in [0, 0.1) is 21.4 Å². The fraction of sp³-hybridized carbons (Fsp3) is 0.389. The monoisotopic (exact) mass is 338 g/mol. The van der Waals surface area contributed by atoms with Crippen LogP contribution in [0.5, 0.6) is 0 Å². The smallest absolute Gasteiger partial charge is 0.404 e. The Labute approximate surface area is 145 Å². The SMILES string of the molecule is N#Cc1ccc(N2CC3CCC2CN3Cc2ccc([N+](=O)[O-])o2)cc1. The molecule has 25 heavy (non-hydrogen) atoms. The topological polar surface area (TPSA) is 86.5 Å². The molecule has 0 N–H and O–H groups in total. The molecular formula is C18H18N4O3. The first-order valence-corrected chi connectivity index (χ1v) is 8.38. The molecule has 5 rings (SSSR count). The van der Waals surface area contributed by atoms with E-state index in [9.17, 15) is 10.1 Å². The van der Waals surface area contributed by atoms with Gasteiger partial charge in [-0.25, -0.2) is 0 Å². The van der Waals surface area contributed by atoms with Gasteiger partial charge in [-0.05, 0) is 43.2 Å². The minimum atomic E-state index is -0.501. The van der Waals surface area contributed by atoms with Crippen LogP contribution in [0.25, 0.3) is 0 Å². The number of hydrogen-bond donors (Lipinski definition) is 0. The molecule has 3 aliphatic heterocycles.